The van der Waals surface area contributed by atoms with Gasteiger partial charge in [-0.25, -0.2) is 0 Å². The van der Waals surface area contributed by atoms with E-state index in [2.05, 4.69) is 39.8 Å². The summed E-state index contributed by atoms with van der Waals surface area (Å²) in [7, 11) is 0. The molecule has 1 aromatic heterocycles. The number of nitrogens with zero attached hydrogens (tertiary/aromatic N) is 3. The van der Waals surface area contributed by atoms with E-state index in [0.717, 1.165) is 16.8 Å². The maximum absolute atomic E-state index is 12.6. The number of aromatic nitrogens is 3. The van der Waals surface area contributed by atoms with Crippen molar-refractivity contribution in [1.82, 2.24) is 20.1 Å². The first-order chi connectivity index (χ1) is 11.7. The zero-order chi connectivity index (χ0) is 16.5. The summed E-state index contributed by atoms with van der Waals surface area (Å²) in [6.45, 7) is 0.992. The normalized spacial score (nSPS) is 17.6. The molecule has 3 N–H and O–H groups in total. The lowest BCUT2D eigenvalue weighted by Gasteiger charge is -2.20. The van der Waals surface area contributed by atoms with E-state index in [4.69, 9.17) is 5.73 Å². The summed E-state index contributed by atoms with van der Waals surface area (Å²) in [5.74, 6) is 0.777. The highest BCUT2D eigenvalue weighted by molar-refractivity contribution is 5.84. The Morgan fingerprint density at radius 2 is 2.12 bits per heavy atom. The molecule has 0 radical (unpaired) electrons. The van der Waals surface area contributed by atoms with Crippen molar-refractivity contribution in [2.45, 2.75) is 19.0 Å². The first-order valence-corrected chi connectivity index (χ1v) is 8.10. The maximum Gasteiger partial charge on any atom is 0.225 e. The van der Waals surface area contributed by atoms with E-state index in [1.54, 1.807) is 6.33 Å². The van der Waals surface area contributed by atoms with Gasteiger partial charge in [0.15, 0.2) is 0 Å². The second kappa shape index (κ2) is 6.05. The number of hydrogen-bond acceptors (Lipinski definition) is 4. The van der Waals surface area contributed by atoms with E-state index in [1.165, 1.54) is 5.39 Å². The molecule has 6 nitrogen and oxygen atoms in total. The van der Waals surface area contributed by atoms with Crippen LogP contribution in [0.2, 0.25) is 0 Å². The van der Waals surface area contributed by atoms with Gasteiger partial charge < -0.3 is 15.6 Å². The van der Waals surface area contributed by atoms with E-state index >= 15 is 0 Å². The van der Waals surface area contributed by atoms with Crippen LogP contribution in [0.15, 0.2) is 48.8 Å². The first-order valence-electron chi connectivity index (χ1n) is 8.10. The Hall–Kier alpha value is -2.73. The van der Waals surface area contributed by atoms with Crippen LogP contribution in [0, 0.1) is 5.92 Å². The number of amides is 1. The zero-order valence-corrected chi connectivity index (χ0v) is 13.2. The number of fused-ring (bicyclic) bond motifs is 2. The Morgan fingerprint density at radius 1 is 1.29 bits per heavy atom. The molecule has 1 amide bonds. The number of carbonyl (C=O) groups is 1. The third-order valence-corrected chi connectivity index (χ3v) is 4.64. The van der Waals surface area contributed by atoms with Crippen LogP contribution in [-0.4, -0.2) is 27.2 Å². The van der Waals surface area contributed by atoms with Crippen molar-refractivity contribution in [2.24, 2.45) is 11.7 Å². The molecule has 1 aliphatic rings. The number of nitrogens with one attached hydrogen (secondary N) is 1. The van der Waals surface area contributed by atoms with Crippen LogP contribution in [0.4, 0.5) is 0 Å². The van der Waals surface area contributed by atoms with Crippen molar-refractivity contribution in [1.29, 1.82) is 0 Å². The summed E-state index contributed by atoms with van der Waals surface area (Å²) >= 11 is 0. The fourth-order valence-corrected chi connectivity index (χ4v) is 3.28. The van der Waals surface area contributed by atoms with Gasteiger partial charge in [0.05, 0.1) is 12.0 Å². The van der Waals surface area contributed by atoms with Crippen molar-refractivity contribution in [3.8, 4) is 0 Å². The summed E-state index contributed by atoms with van der Waals surface area (Å²) in [5, 5.41) is 13.3. The first kappa shape index (κ1) is 14.8. The minimum atomic E-state index is -0.187. The second-order valence-electron chi connectivity index (χ2n) is 6.20. The molecule has 0 aliphatic carbocycles. The Labute approximate surface area is 139 Å². The predicted molar refractivity (Wildman–Crippen MR) is 91.1 cm³/mol. The molecule has 1 aliphatic heterocycles. The molecule has 0 fully saturated rings. The fourth-order valence-electron chi connectivity index (χ4n) is 3.28. The minimum Gasteiger partial charge on any atom is -0.348 e. The lowest BCUT2D eigenvalue weighted by atomic mass is 10.0. The average Bonchev–Trinajstić information content (AvgIpc) is 3.21. The zero-order valence-electron chi connectivity index (χ0n) is 13.2. The molecule has 0 spiro atoms. The van der Waals surface area contributed by atoms with Crippen molar-refractivity contribution in [3.63, 3.8) is 0 Å². The highest BCUT2D eigenvalue weighted by Crippen LogP contribution is 2.22. The molecular formula is C18H19N5O. The number of nitrogens with two attached hydrogens (primary N) is 1. The van der Waals surface area contributed by atoms with Crippen LogP contribution in [0.25, 0.3) is 10.8 Å². The Balaban J connectivity index is 1.50. The third-order valence-electron chi connectivity index (χ3n) is 4.64. The molecule has 2 unspecified atom stereocenters. The SMILES string of the molecule is NCC(NC(=O)C1Cc2nncn2C1)c1ccc2ccccc2c1. The van der Waals surface area contributed by atoms with Gasteiger partial charge in [-0.1, -0.05) is 36.4 Å². The Morgan fingerprint density at radius 3 is 2.92 bits per heavy atom. The second-order valence-corrected chi connectivity index (χ2v) is 6.20. The van der Waals surface area contributed by atoms with Crippen LogP contribution in [0.1, 0.15) is 17.4 Å². The molecule has 24 heavy (non-hydrogen) atoms. The molecule has 122 valence electrons. The van der Waals surface area contributed by atoms with Crippen molar-refractivity contribution in [3.05, 3.63) is 60.2 Å². The molecule has 0 saturated carbocycles. The van der Waals surface area contributed by atoms with Crippen LogP contribution < -0.4 is 11.1 Å². The van der Waals surface area contributed by atoms with Gasteiger partial charge in [0.1, 0.15) is 12.2 Å². The van der Waals surface area contributed by atoms with Crippen LogP contribution in [0.3, 0.4) is 0 Å². The Bertz CT molecular complexity index is 867. The van der Waals surface area contributed by atoms with Gasteiger partial charge in [-0.2, -0.15) is 0 Å². The quantitative estimate of drug-likeness (QED) is 0.761. The molecule has 3 aromatic rings. The van der Waals surface area contributed by atoms with Gasteiger partial charge in [0.2, 0.25) is 5.91 Å². The fraction of sp³-hybridized carbons (Fsp3) is 0.278. The monoisotopic (exact) mass is 321 g/mol. The third kappa shape index (κ3) is 2.65. The van der Waals surface area contributed by atoms with Crippen molar-refractivity contribution < 1.29 is 4.79 Å². The van der Waals surface area contributed by atoms with Gasteiger partial charge in [0, 0.05) is 19.5 Å². The molecule has 4 rings (SSSR count). The van der Waals surface area contributed by atoms with Gasteiger partial charge in [-0.3, -0.25) is 4.79 Å². The maximum atomic E-state index is 12.6. The van der Waals surface area contributed by atoms with Crippen LogP contribution in [-0.2, 0) is 17.8 Å². The van der Waals surface area contributed by atoms with Gasteiger partial charge in [0.25, 0.3) is 0 Å². The lowest BCUT2D eigenvalue weighted by Crippen LogP contribution is -2.38. The largest absolute Gasteiger partial charge is 0.348 e. The summed E-state index contributed by atoms with van der Waals surface area (Å²) < 4.78 is 1.93. The molecule has 6 heteroatoms. The molecule has 2 aromatic carbocycles. The number of rotatable bonds is 4. The molecule has 0 saturated heterocycles. The van der Waals surface area contributed by atoms with E-state index in [-0.39, 0.29) is 17.9 Å². The van der Waals surface area contributed by atoms with Crippen LogP contribution in [0.5, 0.6) is 0 Å². The molecule has 0 bridgehead atoms. The van der Waals surface area contributed by atoms with E-state index in [9.17, 15) is 4.79 Å². The summed E-state index contributed by atoms with van der Waals surface area (Å²) in [4.78, 5) is 12.6. The standard InChI is InChI=1S/C18H19N5O/c19-9-16(14-6-5-12-3-1-2-4-13(12)7-14)21-18(24)15-8-17-22-20-11-23(17)10-15/h1-7,11,15-16H,8-10,19H2,(H,21,24). The van der Waals surface area contributed by atoms with Crippen molar-refractivity contribution in [2.75, 3.05) is 6.54 Å². The van der Waals surface area contributed by atoms with E-state index in [0.29, 0.717) is 19.5 Å². The topological polar surface area (TPSA) is 85.8 Å². The van der Waals surface area contributed by atoms with E-state index < -0.39 is 0 Å². The Kier molecular flexibility index (Phi) is 3.74. The summed E-state index contributed by atoms with van der Waals surface area (Å²) in [6.07, 6.45) is 2.30. The molecule has 2 atom stereocenters. The number of hydrogen-bond donors (Lipinski definition) is 2. The molecular weight excluding hydrogens is 302 g/mol. The highest BCUT2D eigenvalue weighted by Gasteiger charge is 2.29. The number of carbonyl (C=O) groups excluding carboxylic acids is 1. The smallest absolute Gasteiger partial charge is 0.225 e. The van der Waals surface area contributed by atoms with Gasteiger partial charge in [-0.15, -0.1) is 10.2 Å². The lowest BCUT2D eigenvalue weighted by molar-refractivity contribution is -0.125. The van der Waals surface area contributed by atoms with Crippen LogP contribution >= 0.6 is 0 Å². The minimum absolute atomic E-state index is 0.0177. The average molecular weight is 321 g/mol. The van der Waals surface area contributed by atoms with Gasteiger partial charge in [-0.05, 0) is 22.4 Å². The number of benzene rings is 2. The van der Waals surface area contributed by atoms with E-state index in [1.807, 2.05) is 22.8 Å². The highest BCUT2D eigenvalue weighted by atomic mass is 16.2. The summed E-state index contributed by atoms with van der Waals surface area (Å²) in [6, 6.07) is 14.2. The summed E-state index contributed by atoms with van der Waals surface area (Å²) in [5.41, 5.74) is 6.95. The van der Waals surface area contributed by atoms with Crippen molar-refractivity contribution >= 4 is 16.7 Å². The predicted octanol–water partition coefficient (Wildman–Crippen LogP) is 1.42. The van der Waals surface area contributed by atoms with Gasteiger partial charge >= 0.3 is 0 Å². The molecule has 2 heterocycles.